The molecule has 0 spiro atoms. The predicted octanol–water partition coefficient (Wildman–Crippen LogP) is -0.0261. The normalized spacial score (nSPS) is 12.9. The molecule has 10 nitrogen and oxygen atoms in total. The Hall–Kier alpha value is -3.11. The van der Waals surface area contributed by atoms with E-state index in [1.807, 2.05) is 10.6 Å². The fourth-order valence-corrected chi connectivity index (χ4v) is 3.13. The number of aromatic nitrogens is 2. The van der Waals surface area contributed by atoms with Gasteiger partial charge < -0.3 is 30.0 Å². The van der Waals surface area contributed by atoms with E-state index in [0.29, 0.717) is 48.3 Å². The van der Waals surface area contributed by atoms with E-state index in [2.05, 4.69) is 15.5 Å². The van der Waals surface area contributed by atoms with Crippen LogP contribution in [0.2, 0.25) is 0 Å². The summed E-state index contributed by atoms with van der Waals surface area (Å²) in [6.45, 7) is 1.78. The van der Waals surface area contributed by atoms with Gasteiger partial charge in [0, 0.05) is 38.9 Å². The summed E-state index contributed by atoms with van der Waals surface area (Å²) in [7, 11) is 3.18. The van der Waals surface area contributed by atoms with Gasteiger partial charge in [0.05, 0.1) is 30.7 Å². The quantitative estimate of drug-likeness (QED) is 0.198. The molecule has 3 heterocycles. The molecule has 3 rings (SSSR count). The fourth-order valence-electron chi connectivity index (χ4n) is 3.13. The highest BCUT2D eigenvalue weighted by atomic mass is 16.5. The van der Waals surface area contributed by atoms with Crippen molar-refractivity contribution < 1.29 is 14.2 Å². The maximum atomic E-state index is 12.5. The summed E-state index contributed by atoms with van der Waals surface area (Å²) in [6, 6.07) is 3.42. The van der Waals surface area contributed by atoms with Gasteiger partial charge in [0.2, 0.25) is 0 Å². The number of amidine groups is 1. The molecule has 0 bridgehead atoms. The van der Waals surface area contributed by atoms with Gasteiger partial charge in [-0.15, -0.1) is 0 Å². The predicted molar refractivity (Wildman–Crippen MR) is 104 cm³/mol. The average Bonchev–Trinajstić information content (AvgIpc) is 2.71. The van der Waals surface area contributed by atoms with Gasteiger partial charge in [-0.25, -0.2) is 10.8 Å². The van der Waals surface area contributed by atoms with E-state index in [4.69, 9.17) is 25.9 Å². The molecule has 1 aliphatic heterocycles. The van der Waals surface area contributed by atoms with Gasteiger partial charge in [0.25, 0.3) is 5.88 Å². The summed E-state index contributed by atoms with van der Waals surface area (Å²) < 4.78 is 18.1. The van der Waals surface area contributed by atoms with E-state index < -0.39 is 0 Å². The van der Waals surface area contributed by atoms with E-state index >= 15 is 0 Å². The first kappa shape index (κ1) is 19.6. The Morgan fingerprint density at radius 3 is 2.86 bits per heavy atom. The van der Waals surface area contributed by atoms with Crippen molar-refractivity contribution in [1.82, 2.24) is 15.0 Å². The minimum Gasteiger partial charge on any atom is -0.488 e. The fraction of sp³-hybridized carbons (Fsp3) is 0.389. The third kappa shape index (κ3) is 3.78. The van der Waals surface area contributed by atoms with Crippen LogP contribution in [-0.4, -0.2) is 42.8 Å². The summed E-state index contributed by atoms with van der Waals surface area (Å²) in [6.07, 6.45) is 3.16. The van der Waals surface area contributed by atoms with Gasteiger partial charge in [-0.2, -0.15) is 5.10 Å². The lowest BCUT2D eigenvalue weighted by atomic mass is 10.0. The highest BCUT2D eigenvalue weighted by molar-refractivity contribution is 5.98. The van der Waals surface area contributed by atoms with Gasteiger partial charge in [-0.05, 0) is 18.1 Å². The summed E-state index contributed by atoms with van der Waals surface area (Å²) >= 11 is 0. The molecular formula is C18H24N6O4. The molecule has 2 aromatic rings. The number of rotatable bonds is 7. The second-order valence-corrected chi connectivity index (χ2v) is 6.20. The topological polar surface area (TPSA) is 139 Å². The van der Waals surface area contributed by atoms with E-state index in [-0.39, 0.29) is 11.3 Å². The molecule has 5 N–H and O–H groups in total. The second kappa shape index (κ2) is 8.72. The summed E-state index contributed by atoms with van der Waals surface area (Å²) in [5.74, 6) is 11.8. The maximum absolute atomic E-state index is 12.5. The molecule has 2 aromatic heterocycles. The first-order chi connectivity index (χ1) is 13.6. The molecule has 0 aliphatic carbocycles. The number of aryl methyl sites for hydroxylation is 2. The number of hydrazine groups is 1. The molecule has 28 heavy (non-hydrogen) atoms. The zero-order chi connectivity index (χ0) is 20.1. The van der Waals surface area contributed by atoms with Crippen LogP contribution < -0.4 is 32.0 Å². The van der Waals surface area contributed by atoms with Gasteiger partial charge >= 0.3 is 0 Å². The summed E-state index contributed by atoms with van der Waals surface area (Å²) in [5.41, 5.74) is 4.73. The minimum atomic E-state index is -0.262. The molecule has 150 valence electrons. The van der Waals surface area contributed by atoms with E-state index in [0.717, 1.165) is 18.4 Å². The van der Waals surface area contributed by atoms with Gasteiger partial charge in [0.1, 0.15) is 0 Å². The molecule has 0 aromatic carbocycles. The van der Waals surface area contributed by atoms with Crippen molar-refractivity contribution >= 4 is 5.84 Å². The van der Waals surface area contributed by atoms with Crippen LogP contribution in [0.5, 0.6) is 11.6 Å². The molecule has 10 heteroatoms. The number of hydrogen-bond donors (Lipinski definition) is 3. The smallest absolute Gasteiger partial charge is 0.257 e. The zero-order valence-corrected chi connectivity index (χ0v) is 15.9. The number of fused-ring (bicyclic) bond motifs is 3. The van der Waals surface area contributed by atoms with E-state index in [1.54, 1.807) is 13.3 Å². The number of pyridine rings is 2. The number of nitrogens with one attached hydrogen (secondary N) is 1. The Kier molecular flexibility index (Phi) is 6.12. The van der Waals surface area contributed by atoms with Gasteiger partial charge in [-0.3, -0.25) is 4.79 Å². The lowest BCUT2D eigenvalue weighted by Crippen LogP contribution is -2.36. The lowest BCUT2D eigenvalue weighted by molar-refractivity contribution is 0.170. The minimum absolute atomic E-state index is 0.122. The van der Waals surface area contributed by atoms with Crippen LogP contribution in [0.3, 0.4) is 0 Å². The number of ether oxygens (including phenoxy) is 3. The van der Waals surface area contributed by atoms with Crippen LogP contribution in [0.25, 0.3) is 11.4 Å². The van der Waals surface area contributed by atoms with Gasteiger partial charge in [0.15, 0.2) is 17.0 Å². The molecule has 0 saturated carbocycles. The third-order valence-corrected chi connectivity index (χ3v) is 4.49. The number of nitrogens with two attached hydrogens (primary N) is 2. The Bertz CT molecular complexity index is 940. The molecule has 0 radical (unpaired) electrons. The Morgan fingerprint density at radius 2 is 2.18 bits per heavy atom. The van der Waals surface area contributed by atoms with E-state index in [9.17, 15) is 4.79 Å². The first-order valence-corrected chi connectivity index (χ1v) is 8.82. The molecule has 0 saturated heterocycles. The third-order valence-electron chi connectivity index (χ3n) is 4.49. The molecule has 0 fully saturated rings. The molecule has 0 amide bonds. The van der Waals surface area contributed by atoms with Crippen molar-refractivity contribution in [1.29, 1.82) is 0 Å². The van der Waals surface area contributed by atoms with E-state index in [1.165, 1.54) is 13.2 Å². The van der Waals surface area contributed by atoms with Crippen LogP contribution in [0, 0.1) is 0 Å². The Labute approximate surface area is 162 Å². The van der Waals surface area contributed by atoms with Crippen LogP contribution in [0.15, 0.2) is 28.2 Å². The van der Waals surface area contributed by atoms with Crippen molar-refractivity contribution in [3.05, 3.63) is 39.7 Å². The van der Waals surface area contributed by atoms with Crippen molar-refractivity contribution in [2.45, 2.75) is 19.4 Å². The van der Waals surface area contributed by atoms with Crippen LogP contribution in [0.4, 0.5) is 0 Å². The van der Waals surface area contributed by atoms with Crippen LogP contribution in [0.1, 0.15) is 17.5 Å². The highest BCUT2D eigenvalue weighted by Crippen LogP contribution is 2.35. The average molecular weight is 388 g/mol. The number of hydrogen-bond acceptors (Lipinski definition) is 8. The monoisotopic (exact) mass is 388 g/mol. The SMILES string of the molecule is COCCCOc1cc2c(nc1OC)-c1cc(=O)c(/C(=N/N)NN)cn1CC2. The standard InChI is InChI=1S/C18H24N6O4/c1-26-6-3-7-28-15-8-11-4-5-24-10-12(17(22-19)23-20)14(25)9-13(24)16(11)21-18(15)27-2/h8-10H,3-7,19-20H2,1-2H3,(H,22,23). The number of nitrogens with zero attached hydrogens (tertiary/aromatic N) is 3. The molecule has 0 atom stereocenters. The lowest BCUT2D eigenvalue weighted by Gasteiger charge is -2.23. The Morgan fingerprint density at radius 1 is 1.36 bits per heavy atom. The first-order valence-electron chi connectivity index (χ1n) is 8.82. The highest BCUT2D eigenvalue weighted by Gasteiger charge is 2.23. The number of methoxy groups -OCH3 is 2. The largest absolute Gasteiger partial charge is 0.488 e. The molecule has 1 aliphatic rings. The zero-order valence-electron chi connectivity index (χ0n) is 15.9. The van der Waals surface area contributed by atoms with Crippen molar-refractivity contribution in [2.24, 2.45) is 16.8 Å². The van der Waals surface area contributed by atoms with Crippen molar-refractivity contribution in [3.63, 3.8) is 0 Å². The summed E-state index contributed by atoms with van der Waals surface area (Å²) in [4.78, 5) is 17.1. The van der Waals surface area contributed by atoms with Crippen LogP contribution in [-0.2, 0) is 17.7 Å². The van der Waals surface area contributed by atoms with Crippen LogP contribution >= 0.6 is 0 Å². The van der Waals surface area contributed by atoms with Gasteiger partial charge in [-0.1, -0.05) is 0 Å². The Balaban J connectivity index is 1.99. The van der Waals surface area contributed by atoms with Crippen molar-refractivity contribution in [3.8, 4) is 23.0 Å². The molecular weight excluding hydrogens is 364 g/mol. The second-order valence-electron chi connectivity index (χ2n) is 6.20. The molecule has 0 unspecified atom stereocenters. The summed E-state index contributed by atoms with van der Waals surface area (Å²) in [5, 5.41) is 3.52. The van der Waals surface area contributed by atoms with Crippen molar-refractivity contribution in [2.75, 3.05) is 27.4 Å². The number of hydrazone groups is 1. The maximum Gasteiger partial charge on any atom is 0.257 e.